The van der Waals surface area contributed by atoms with Gasteiger partial charge < -0.3 is 9.47 Å². The summed E-state index contributed by atoms with van der Waals surface area (Å²) in [4.78, 5) is 0. The molecular weight excluding hydrogens is 104 g/mol. The minimum atomic E-state index is 1.01. The highest BCUT2D eigenvalue weighted by molar-refractivity contribution is 5.16. The van der Waals surface area contributed by atoms with Crippen LogP contribution in [-0.2, 0) is 9.47 Å². The van der Waals surface area contributed by atoms with Gasteiger partial charge in [-0.15, -0.1) is 0 Å². The summed E-state index contributed by atoms with van der Waals surface area (Å²) in [5.41, 5.74) is 0. The minimum absolute atomic E-state index is 1.01. The van der Waals surface area contributed by atoms with Crippen LogP contribution in [0, 0.1) is 0 Å². The van der Waals surface area contributed by atoms with Gasteiger partial charge in [0.2, 0.25) is 0 Å². The molecule has 1 aliphatic heterocycles. The second-order valence-electron chi connectivity index (χ2n) is 1.85. The first-order chi connectivity index (χ1) is 3.97. The molecular formula is C6H6O2. The predicted molar refractivity (Wildman–Crippen MR) is 27.6 cm³/mol. The maximum atomic E-state index is 5.05. The minimum Gasteiger partial charge on any atom is -0.463 e. The third kappa shape index (κ3) is 0.372. The molecule has 2 heteroatoms. The molecule has 0 bridgehead atoms. The highest BCUT2D eigenvalue weighted by atomic mass is 16.5. The van der Waals surface area contributed by atoms with E-state index in [9.17, 15) is 0 Å². The van der Waals surface area contributed by atoms with E-state index in [1.54, 1.807) is 12.5 Å². The Morgan fingerprint density at radius 2 is 1.50 bits per heavy atom. The Morgan fingerprint density at radius 1 is 1.00 bits per heavy atom. The first kappa shape index (κ1) is 4.01. The van der Waals surface area contributed by atoms with Gasteiger partial charge in [0.05, 0.1) is 0 Å². The molecule has 1 heterocycles. The van der Waals surface area contributed by atoms with Crippen molar-refractivity contribution >= 4 is 0 Å². The number of hydrogen-bond acceptors (Lipinski definition) is 2. The predicted octanol–water partition coefficient (Wildman–Crippen LogP) is 1.51. The molecule has 0 radical (unpaired) electrons. The zero-order valence-electron chi connectivity index (χ0n) is 4.39. The van der Waals surface area contributed by atoms with Crippen LogP contribution >= 0.6 is 0 Å². The molecule has 0 saturated carbocycles. The van der Waals surface area contributed by atoms with Crippen molar-refractivity contribution in [3.63, 3.8) is 0 Å². The van der Waals surface area contributed by atoms with Gasteiger partial charge in [0.15, 0.2) is 0 Å². The Kier molecular flexibility index (Phi) is 0.640. The highest BCUT2D eigenvalue weighted by Crippen LogP contribution is 2.31. The lowest BCUT2D eigenvalue weighted by molar-refractivity contribution is 0.174. The van der Waals surface area contributed by atoms with E-state index in [1.165, 1.54) is 0 Å². The molecule has 0 spiro atoms. The normalized spacial score (nSPS) is 23.0. The van der Waals surface area contributed by atoms with Gasteiger partial charge in [-0.1, -0.05) is 0 Å². The fourth-order valence-corrected chi connectivity index (χ4v) is 0.798. The van der Waals surface area contributed by atoms with E-state index in [1.807, 2.05) is 0 Å². The molecule has 0 atom stereocenters. The topological polar surface area (TPSA) is 18.5 Å². The molecule has 2 nitrogen and oxygen atoms in total. The fraction of sp³-hybridized carbons (Fsp3) is 0.333. The molecule has 0 aromatic rings. The Bertz CT molecular complexity index is 149. The summed E-state index contributed by atoms with van der Waals surface area (Å²) >= 11 is 0. The van der Waals surface area contributed by atoms with E-state index in [4.69, 9.17) is 9.47 Å². The van der Waals surface area contributed by atoms with Crippen molar-refractivity contribution < 1.29 is 9.47 Å². The van der Waals surface area contributed by atoms with Crippen molar-refractivity contribution in [1.82, 2.24) is 0 Å². The summed E-state index contributed by atoms with van der Waals surface area (Å²) in [5, 5.41) is 0. The molecule has 1 aliphatic carbocycles. The van der Waals surface area contributed by atoms with Gasteiger partial charge in [0.1, 0.15) is 24.0 Å². The first-order valence-corrected chi connectivity index (χ1v) is 2.67. The van der Waals surface area contributed by atoms with Gasteiger partial charge in [0.25, 0.3) is 0 Å². The van der Waals surface area contributed by atoms with Gasteiger partial charge in [-0.25, -0.2) is 0 Å². The molecule has 0 fully saturated rings. The molecule has 8 heavy (non-hydrogen) atoms. The van der Waals surface area contributed by atoms with Crippen LogP contribution in [0.1, 0.15) is 12.8 Å². The average molecular weight is 110 g/mol. The van der Waals surface area contributed by atoms with Crippen LogP contribution < -0.4 is 0 Å². The molecule has 0 unspecified atom stereocenters. The summed E-state index contributed by atoms with van der Waals surface area (Å²) in [6.45, 7) is 0. The smallest absolute Gasteiger partial charge is 0.142 e. The number of allylic oxidation sites excluding steroid dienone is 2. The van der Waals surface area contributed by atoms with E-state index in [0.717, 1.165) is 24.4 Å². The van der Waals surface area contributed by atoms with E-state index in [0.29, 0.717) is 0 Å². The molecule has 2 rings (SSSR count). The number of rotatable bonds is 0. The first-order valence-electron chi connectivity index (χ1n) is 2.67. The molecule has 0 N–H and O–H groups in total. The van der Waals surface area contributed by atoms with Gasteiger partial charge in [-0.2, -0.15) is 0 Å². The average Bonchev–Trinajstić information content (AvgIpc) is 1.72. The van der Waals surface area contributed by atoms with Crippen LogP contribution in [0.15, 0.2) is 24.0 Å². The fourth-order valence-electron chi connectivity index (χ4n) is 0.798. The second kappa shape index (κ2) is 1.28. The van der Waals surface area contributed by atoms with Gasteiger partial charge in [-0.05, 0) is 0 Å². The zero-order chi connectivity index (χ0) is 5.40. The third-order valence-corrected chi connectivity index (χ3v) is 1.37. The Balaban J connectivity index is 2.23. The number of ether oxygens (including phenoxy) is 2. The van der Waals surface area contributed by atoms with Crippen LogP contribution in [0.3, 0.4) is 0 Å². The maximum Gasteiger partial charge on any atom is 0.142 e. The summed E-state index contributed by atoms with van der Waals surface area (Å²) < 4.78 is 10.1. The van der Waals surface area contributed by atoms with Crippen LogP contribution in [-0.4, -0.2) is 0 Å². The van der Waals surface area contributed by atoms with Gasteiger partial charge in [0, 0.05) is 12.8 Å². The van der Waals surface area contributed by atoms with Crippen LogP contribution in [0.2, 0.25) is 0 Å². The Morgan fingerprint density at radius 3 is 1.75 bits per heavy atom. The van der Waals surface area contributed by atoms with E-state index in [2.05, 4.69) is 0 Å². The summed E-state index contributed by atoms with van der Waals surface area (Å²) in [6, 6.07) is 0. The summed E-state index contributed by atoms with van der Waals surface area (Å²) in [5.74, 6) is 2.01. The van der Waals surface area contributed by atoms with Crippen molar-refractivity contribution in [2.24, 2.45) is 0 Å². The highest BCUT2D eigenvalue weighted by Gasteiger charge is 2.21. The van der Waals surface area contributed by atoms with Crippen molar-refractivity contribution in [2.45, 2.75) is 12.8 Å². The zero-order valence-corrected chi connectivity index (χ0v) is 4.39. The number of hydrogen-bond donors (Lipinski definition) is 0. The lowest BCUT2D eigenvalue weighted by atomic mass is 10.1. The summed E-state index contributed by atoms with van der Waals surface area (Å²) in [7, 11) is 0. The quantitative estimate of drug-likeness (QED) is 0.470. The Hall–Kier alpha value is -0.920. The van der Waals surface area contributed by atoms with Gasteiger partial charge in [-0.3, -0.25) is 0 Å². The van der Waals surface area contributed by atoms with Crippen LogP contribution in [0.25, 0.3) is 0 Å². The molecule has 0 saturated heterocycles. The molecule has 2 aliphatic rings. The van der Waals surface area contributed by atoms with E-state index < -0.39 is 0 Å². The van der Waals surface area contributed by atoms with E-state index in [-0.39, 0.29) is 0 Å². The molecule has 0 aromatic carbocycles. The molecule has 0 aromatic heterocycles. The lowest BCUT2D eigenvalue weighted by Gasteiger charge is -2.23. The van der Waals surface area contributed by atoms with Gasteiger partial charge >= 0.3 is 0 Å². The van der Waals surface area contributed by atoms with Crippen molar-refractivity contribution in [3.05, 3.63) is 24.0 Å². The lowest BCUT2D eigenvalue weighted by Crippen LogP contribution is -2.09. The van der Waals surface area contributed by atoms with Crippen molar-refractivity contribution in [1.29, 1.82) is 0 Å². The largest absolute Gasteiger partial charge is 0.463 e. The molecule has 42 valence electrons. The third-order valence-electron chi connectivity index (χ3n) is 1.37. The molecule has 0 amide bonds. The van der Waals surface area contributed by atoms with Crippen molar-refractivity contribution in [2.75, 3.05) is 0 Å². The second-order valence-corrected chi connectivity index (χ2v) is 1.85. The van der Waals surface area contributed by atoms with Crippen LogP contribution in [0.4, 0.5) is 0 Å². The SMILES string of the molecule is C1=COC2=C(CC2)O1. The van der Waals surface area contributed by atoms with Crippen molar-refractivity contribution in [3.8, 4) is 0 Å². The maximum absolute atomic E-state index is 5.05. The monoisotopic (exact) mass is 110 g/mol. The standard InChI is InChI=1S/C6H6O2/c1-2-6-5(1)7-3-4-8-6/h3-4H,1-2H2. The van der Waals surface area contributed by atoms with E-state index >= 15 is 0 Å². The Labute approximate surface area is 47.4 Å². The summed E-state index contributed by atoms with van der Waals surface area (Å²) in [6.07, 6.45) is 5.22. The van der Waals surface area contributed by atoms with Crippen LogP contribution in [0.5, 0.6) is 0 Å².